The van der Waals surface area contributed by atoms with E-state index < -0.39 is 5.97 Å². The number of ether oxygens (including phenoxy) is 2. The van der Waals surface area contributed by atoms with E-state index in [2.05, 4.69) is 6.92 Å². The third-order valence-electron chi connectivity index (χ3n) is 3.26. The van der Waals surface area contributed by atoms with Gasteiger partial charge in [-0.3, -0.25) is 0 Å². The first-order valence-electron chi connectivity index (χ1n) is 7.57. The molecule has 0 aliphatic heterocycles. The molecular weight excluding hydrogens is 292 g/mol. The smallest absolute Gasteiger partial charge is 0.371 e. The SMILES string of the molecule is CCOc1ccc(C=C(Oc2ccc(CC)cc2)C(=O)O)cc1. The summed E-state index contributed by atoms with van der Waals surface area (Å²) in [4.78, 5) is 11.4. The fraction of sp³-hybridized carbons (Fsp3) is 0.211. The van der Waals surface area contributed by atoms with Gasteiger partial charge >= 0.3 is 5.97 Å². The van der Waals surface area contributed by atoms with E-state index in [4.69, 9.17) is 9.47 Å². The zero-order valence-electron chi connectivity index (χ0n) is 13.3. The van der Waals surface area contributed by atoms with Crippen molar-refractivity contribution in [3.8, 4) is 11.5 Å². The van der Waals surface area contributed by atoms with Gasteiger partial charge < -0.3 is 14.6 Å². The maximum Gasteiger partial charge on any atom is 0.371 e. The molecule has 4 heteroatoms. The van der Waals surface area contributed by atoms with Crippen LogP contribution < -0.4 is 9.47 Å². The highest BCUT2D eigenvalue weighted by Gasteiger charge is 2.10. The highest BCUT2D eigenvalue weighted by Crippen LogP contribution is 2.19. The molecule has 0 aliphatic carbocycles. The predicted octanol–water partition coefficient (Wildman–Crippen LogP) is 4.15. The minimum absolute atomic E-state index is 0.126. The molecule has 23 heavy (non-hydrogen) atoms. The van der Waals surface area contributed by atoms with Gasteiger partial charge in [-0.1, -0.05) is 31.2 Å². The molecule has 0 saturated heterocycles. The molecule has 0 amide bonds. The molecule has 2 aromatic carbocycles. The van der Waals surface area contributed by atoms with Crippen molar-refractivity contribution in [3.63, 3.8) is 0 Å². The second-order valence-electron chi connectivity index (χ2n) is 4.92. The summed E-state index contributed by atoms with van der Waals surface area (Å²) in [7, 11) is 0. The molecule has 0 heterocycles. The second kappa shape index (κ2) is 8.03. The van der Waals surface area contributed by atoms with Crippen LogP contribution in [-0.4, -0.2) is 17.7 Å². The van der Waals surface area contributed by atoms with Crippen LogP contribution in [0.1, 0.15) is 25.0 Å². The average molecular weight is 312 g/mol. The van der Waals surface area contributed by atoms with Gasteiger partial charge in [0.05, 0.1) is 6.61 Å². The number of carboxylic acids is 1. The molecule has 0 atom stereocenters. The van der Waals surface area contributed by atoms with Crippen LogP contribution in [0.15, 0.2) is 54.3 Å². The van der Waals surface area contributed by atoms with Crippen molar-refractivity contribution < 1.29 is 19.4 Å². The topological polar surface area (TPSA) is 55.8 Å². The molecule has 0 aromatic heterocycles. The molecular formula is C19H20O4. The summed E-state index contributed by atoms with van der Waals surface area (Å²) in [6.45, 7) is 4.56. The van der Waals surface area contributed by atoms with Crippen LogP contribution in [-0.2, 0) is 11.2 Å². The Morgan fingerprint density at radius 2 is 1.61 bits per heavy atom. The molecule has 0 fully saturated rings. The van der Waals surface area contributed by atoms with Gasteiger partial charge in [0.25, 0.3) is 0 Å². The molecule has 0 unspecified atom stereocenters. The van der Waals surface area contributed by atoms with Gasteiger partial charge in [-0.15, -0.1) is 0 Å². The summed E-state index contributed by atoms with van der Waals surface area (Å²) >= 11 is 0. The Kier molecular flexibility index (Phi) is 5.80. The highest BCUT2D eigenvalue weighted by molar-refractivity contribution is 5.90. The Hall–Kier alpha value is -2.75. The van der Waals surface area contributed by atoms with Crippen molar-refractivity contribution in [2.24, 2.45) is 0 Å². The minimum Gasteiger partial charge on any atom is -0.494 e. The van der Waals surface area contributed by atoms with Gasteiger partial charge in [0.15, 0.2) is 0 Å². The highest BCUT2D eigenvalue weighted by atomic mass is 16.5. The number of hydrogen-bond donors (Lipinski definition) is 1. The largest absolute Gasteiger partial charge is 0.494 e. The maximum absolute atomic E-state index is 11.4. The van der Waals surface area contributed by atoms with E-state index in [-0.39, 0.29) is 5.76 Å². The molecule has 0 radical (unpaired) electrons. The minimum atomic E-state index is -1.11. The van der Waals surface area contributed by atoms with Crippen LogP contribution in [0.2, 0.25) is 0 Å². The van der Waals surface area contributed by atoms with Crippen molar-refractivity contribution in [3.05, 3.63) is 65.4 Å². The van der Waals surface area contributed by atoms with E-state index >= 15 is 0 Å². The number of carboxylic acid groups (broad SMARTS) is 1. The summed E-state index contributed by atoms with van der Waals surface area (Å²) in [5, 5.41) is 9.32. The summed E-state index contributed by atoms with van der Waals surface area (Å²) < 4.78 is 10.8. The van der Waals surface area contributed by atoms with E-state index in [1.165, 1.54) is 11.6 Å². The monoisotopic (exact) mass is 312 g/mol. The first kappa shape index (κ1) is 16.6. The van der Waals surface area contributed by atoms with Crippen molar-refractivity contribution >= 4 is 12.0 Å². The molecule has 0 aliphatic rings. The fourth-order valence-corrected chi connectivity index (χ4v) is 2.03. The lowest BCUT2D eigenvalue weighted by atomic mass is 10.1. The van der Waals surface area contributed by atoms with E-state index in [1.54, 1.807) is 36.4 Å². The zero-order valence-corrected chi connectivity index (χ0v) is 13.3. The first-order chi connectivity index (χ1) is 11.1. The number of rotatable bonds is 7. The van der Waals surface area contributed by atoms with Crippen molar-refractivity contribution in [1.29, 1.82) is 0 Å². The van der Waals surface area contributed by atoms with Gasteiger partial charge in [-0.05, 0) is 54.8 Å². The molecule has 1 N–H and O–H groups in total. The van der Waals surface area contributed by atoms with Crippen LogP contribution in [0.25, 0.3) is 6.08 Å². The van der Waals surface area contributed by atoms with Gasteiger partial charge in [0.2, 0.25) is 5.76 Å². The molecule has 0 saturated carbocycles. The maximum atomic E-state index is 11.4. The normalized spacial score (nSPS) is 11.1. The molecule has 120 valence electrons. The zero-order chi connectivity index (χ0) is 16.7. The number of carbonyl (C=O) groups is 1. The summed E-state index contributed by atoms with van der Waals surface area (Å²) in [5.41, 5.74) is 1.90. The number of aliphatic carboxylic acids is 1. The number of benzene rings is 2. The Labute approximate surface area is 136 Å². The number of aryl methyl sites for hydroxylation is 1. The first-order valence-corrected chi connectivity index (χ1v) is 7.57. The van der Waals surface area contributed by atoms with Crippen LogP contribution in [0, 0.1) is 0 Å². The van der Waals surface area contributed by atoms with Crippen LogP contribution in [0.3, 0.4) is 0 Å². The lowest BCUT2D eigenvalue weighted by molar-refractivity contribution is -0.134. The summed E-state index contributed by atoms with van der Waals surface area (Å²) in [6, 6.07) is 14.6. The second-order valence-corrected chi connectivity index (χ2v) is 4.92. The molecule has 2 aromatic rings. The van der Waals surface area contributed by atoms with Crippen molar-refractivity contribution in [1.82, 2.24) is 0 Å². The van der Waals surface area contributed by atoms with Crippen molar-refractivity contribution in [2.45, 2.75) is 20.3 Å². The van der Waals surface area contributed by atoms with Gasteiger partial charge in [-0.25, -0.2) is 4.79 Å². The lowest BCUT2D eigenvalue weighted by Gasteiger charge is -2.08. The molecule has 0 spiro atoms. The van der Waals surface area contributed by atoms with Gasteiger partial charge in [0.1, 0.15) is 11.5 Å². The van der Waals surface area contributed by atoms with E-state index in [1.807, 2.05) is 19.1 Å². The average Bonchev–Trinajstić information content (AvgIpc) is 2.57. The number of hydrogen-bond acceptors (Lipinski definition) is 3. The van der Waals surface area contributed by atoms with Gasteiger partial charge in [0, 0.05) is 0 Å². The van der Waals surface area contributed by atoms with Crippen LogP contribution in [0.5, 0.6) is 11.5 Å². The summed E-state index contributed by atoms with van der Waals surface area (Å²) in [6.07, 6.45) is 2.42. The Bertz CT molecular complexity index is 670. The quantitative estimate of drug-likeness (QED) is 0.616. The third kappa shape index (κ3) is 4.88. The molecule has 0 bridgehead atoms. The molecule has 2 rings (SSSR count). The van der Waals surface area contributed by atoms with E-state index in [9.17, 15) is 9.90 Å². The predicted molar refractivity (Wildman–Crippen MR) is 89.7 cm³/mol. The standard InChI is InChI=1S/C19H20O4/c1-3-14-5-11-17(12-6-14)23-18(19(20)21)13-15-7-9-16(10-8-15)22-4-2/h5-13H,3-4H2,1-2H3,(H,20,21). The summed E-state index contributed by atoms with van der Waals surface area (Å²) in [5.74, 6) is 0.0104. The third-order valence-corrected chi connectivity index (χ3v) is 3.26. The van der Waals surface area contributed by atoms with Gasteiger partial charge in [-0.2, -0.15) is 0 Å². The molecule has 4 nitrogen and oxygen atoms in total. The van der Waals surface area contributed by atoms with Crippen LogP contribution >= 0.6 is 0 Å². The van der Waals surface area contributed by atoms with Crippen LogP contribution in [0.4, 0.5) is 0 Å². The fourth-order valence-electron chi connectivity index (χ4n) is 2.03. The van der Waals surface area contributed by atoms with Crippen molar-refractivity contribution in [2.75, 3.05) is 6.61 Å². The van der Waals surface area contributed by atoms with E-state index in [0.717, 1.165) is 17.7 Å². The Morgan fingerprint density at radius 3 is 2.13 bits per heavy atom. The van der Waals surface area contributed by atoms with E-state index in [0.29, 0.717) is 12.4 Å². The Morgan fingerprint density at radius 1 is 1.00 bits per heavy atom. The Balaban J connectivity index is 2.17. The lowest BCUT2D eigenvalue weighted by Crippen LogP contribution is -2.07.